The van der Waals surface area contributed by atoms with Gasteiger partial charge in [0.15, 0.2) is 23.1 Å². The number of aliphatic hydroxyl groups is 2. The van der Waals surface area contributed by atoms with E-state index in [0.29, 0.717) is 0 Å². The summed E-state index contributed by atoms with van der Waals surface area (Å²) in [6.07, 6.45) is 4.22. The molecule has 0 aliphatic rings. The maximum Gasteiger partial charge on any atom is 4.00 e. The maximum atomic E-state index is 10.1. The average molecular weight is 898 g/mol. The molecule has 4 radical (unpaired) electrons. The average Bonchev–Trinajstić information content (AvgIpc) is 2.91. The predicted molar refractivity (Wildman–Crippen MR) is 147 cm³/mol. The second kappa shape index (κ2) is 54.1. The van der Waals surface area contributed by atoms with E-state index in [9.17, 15) is 70.2 Å². The van der Waals surface area contributed by atoms with Gasteiger partial charge >= 0.3 is 37.1 Å². The summed E-state index contributed by atoms with van der Waals surface area (Å²) in [6.45, 7) is 4.91. The summed E-state index contributed by atoms with van der Waals surface area (Å²) in [5.74, 6) is -1.50. The van der Waals surface area contributed by atoms with Crippen molar-refractivity contribution >= 4 is 23.1 Å². The maximum absolute atomic E-state index is 10.1. The van der Waals surface area contributed by atoms with Crippen molar-refractivity contribution in [3.63, 3.8) is 0 Å². The smallest absolute Gasteiger partial charge is 2.00 e. The first-order chi connectivity index (χ1) is 21.0. The molecule has 0 amide bonds. The molecule has 52 heavy (non-hydrogen) atoms. The molecule has 0 fully saturated rings. The van der Waals surface area contributed by atoms with Crippen LogP contribution in [0.2, 0.25) is 0 Å². The van der Waals surface area contributed by atoms with Gasteiger partial charge in [0.25, 0.3) is 0 Å². The van der Waals surface area contributed by atoms with E-state index in [4.69, 9.17) is 10.2 Å². The van der Waals surface area contributed by atoms with Gasteiger partial charge in [0.05, 0.1) is 0 Å². The van der Waals surface area contributed by atoms with Gasteiger partial charge in [-0.2, -0.15) is 0 Å². The summed E-state index contributed by atoms with van der Waals surface area (Å²) < 4.78 is 0. The van der Waals surface area contributed by atoms with Crippen molar-refractivity contribution in [3.05, 3.63) is 47.3 Å². The van der Waals surface area contributed by atoms with Crippen molar-refractivity contribution in [1.82, 2.24) is 0 Å². The molecule has 300 valence electrons. The number of aliphatic hydroxyl groups excluding tert-OH is 2. The second-order valence-electron chi connectivity index (χ2n) is 9.64. The Morgan fingerprint density at radius 2 is 0.538 bits per heavy atom. The molecule has 0 aliphatic carbocycles. The first-order valence-electron chi connectivity index (χ1n) is 13.1. The Labute approximate surface area is 353 Å². The van der Waals surface area contributed by atoms with Gasteiger partial charge in [0.2, 0.25) is 0 Å². The van der Waals surface area contributed by atoms with Crippen LogP contribution in [0, 0.1) is 10.8 Å². The zero-order valence-corrected chi connectivity index (χ0v) is 35.8. The topological polar surface area (TPSA) is 396 Å². The van der Waals surface area contributed by atoms with E-state index in [1.807, 2.05) is 0 Å². The third kappa shape index (κ3) is 74.0. The number of hydrogen-bond acceptors (Lipinski definition) is 16. The summed E-state index contributed by atoms with van der Waals surface area (Å²) in [6, 6.07) is 0. The molecule has 0 aliphatic heterocycles. The van der Waals surface area contributed by atoms with Crippen LogP contribution in [0.25, 0.3) is 0 Å². The summed E-state index contributed by atoms with van der Waals surface area (Å²) in [5.41, 5.74) is -2.89. The molecule has 0 aromatic carbocycles. The first-order valence-corrected chi connectivity index (χ1v) is 13.1. The van der Waals surface area contributed by atoms with E-state index < -0.39 is 63.7 Å². The monoisotopic (exact) mass is 898 g/mol. The minimum absolute atomic E-state index is 0. The van der Waals surface area contributed by atoms with Crippen molar-refractivity contribution in [2.45, 2.75) is 55.4 Å². The van der Waals surface area contributed by atoms with Crippen LogP contribution in [-0.4, -0.2) is 86.2 Å². The van der Waals surface area contributed by atoms with Gasteiger partial charge in [0.1, 0.15) is 0 Å². The third-order valence-electron chi connectivity index (χ3n) is 4.13. The number of carbonyl (C=O) groups excluding carboxylic acids is 4. The normalized spacial score (nSPS) is 10.3. The van der Waals surface area contributed by atoms with Crippen molar-refractivity contribution < 1.29 is 166 Å². The molecule has 0 aromatic rings. The largest absolute Gasteiger partial charge is 4.00 e. The van der Waals surface area contributed by atoms with E-state index in [-0.39, 0.29) is 131 Å². The van der Waals surface area contributed by atoms with Crippen molar-refractivity contribution in [3.8, 4) is 0 Å². The van der Waals surface area contributed by atoms with E-state index in [2.05, 4.69) is 0 Å². The minimum atomic E-state index is -1.44. The number of hydrogen-bond donors (Lipinski definition) is 2. The molecule has 0 spiro atoms. The number of carbonyl (C=O) groups is 4. The van der Waals surface area contributed by atoms with Crippen LogP contribution in [0.5, 0.6) is 0 Å². The molecule has 0 heterocycles. The zero-order valence-electron chi connectivity index (χ0n) is 30.2. The van der Waals surface area contributed by atoms with E-state index in [1.54, 1.807) is 0 Å². The summed E-state index contributed by atoms with van der Waals surface area (Å²) in [4.78, 5) is 39.9. The summed E-state index contributed by atoms with van der Waals surface area (Å²) in [7, 11) is 0. The SMILES string of the molecule is CC(=O)/C=C(/C)[O-].CC(=O)/C=C(/C)[O-].CC(=O)/C=C(/C)[O-].CC(=O)/C=C(/C)[O-].[O-2].[O-2].[O-]CC(C[O-])(C[O-])CO.[O-]CC(C[O-])(C[O-])CO.[V+4].[V+4].[V].[V]. The van der Waals surface area contributed by atoms with Gasteiger partial charge < -0.3 is 72.2 Å². The van der Waals surface area contributed by atoms with Crippen LogP contribution in [0.15, 0.2) is 47.3 Å². The Morgan fingerprint density at radius 3 is 0.538 bits per heavy atom. The molecule has 2 N–H and O–H groups in total. The van der Waals surface area contributed by atoms with Gasteiger partial charge in [0, 0.05) is 50.3 Å². The minimum Gasteiger partial charge on any atom is -2.00 e. The van der Waals surface area contributed by atoms with Crippen LogP contribution >= 0.6 is 0 Å². The van der Waals surface area contributed by atoms with Gasteiger partial charge in [-0.1, -0.05) is 38.5 Å². The molecule has 0 unspecified atom stereocenters. The Bertz CT molecular complexity index is 781. The first kappa shape index (κ1) is 83.7. The summed E-state index contributed by atoms with van der Waals surface area (Å²) in [5, 5.41) is 117. The fourth-order valence-electron chi connectivity index (χ4n) is 1.67. The summed E-state index contributed by atoms with van der Waals surface area (Å²) >= 11 is 0. The Hall–Kier alpha value is -1.22. The van der Waals surface area contributed by atoms with Crippen molar-refractivity contribution in [2.24, 2.45) is 10.8 Å². The second-order valence-corrected chi connectivity index (χ2v) is 9.64. The standard InChI is InChI=1S/2C5H9O4.4C5H8O2.2O.4V/c2*6-1-5(2-7,3-8)4-9;4*1-4(6)3-5(2)7;;;;;;/h2*6H,1-4H2;4*3,6H,1-2H3;;;;;;/q2*-3;;;;;2*-2;;;2*+4/p-4/b;;4*4-3-;;;;;;. The van der Waals surface area contributed by atoms with E-state index in [0.717, 1.165) is 24.3 Å². The van der Waals surface area contributed by atoms with Crippen molar-refractivity contribution in [1.29, 1.82) is 0 Å². The van der Waals surface area contributed by atoms with Crippen molar-refractivity contribution in [2.75, 3.05) is 52.9 Å². The molecular formula is C30H46O18V4-6. The van der Waals surface area contributed by atoms with Gasteiger partial charge in [-0.25, -0.2) is 0 Å². The number of allylic oxidation sites excluding steroid dienone is 8. The quantitative estimate of drug-likeness (QED) is 0.136. The number of ketones is 4. The molecule has 0 rings (SSSR count). The van der Waals surface area contributed by atoms with Crippen LogP contribution in [-0.2, 0) is 104 Å². The molecule has 0 saturated carbocycles. The molecular weight excluding hydrogens is 852 g/mol. The van der Waals surface area contributed by atoms with Crippen LogP contribution in [0.3, 0.4) is 0 Å². The molecule has 0 atom stereocenters. The van der Waals surface area contributed by atoms with Gasteiger partial charge in [-0.05, 0) is 52.0 Å². The Morgan fingerprint density at radius 1 is 0.423 bits per heavy atom. The zero-order chi connectivity index (χ0) is 38.1. The molecule has 0 aromatic heterocycles. The Kier molecular flexibility index (Phi) is 87.1. The molecule has 18 nitrogen and oxygen atoms in total. The van der Waals surface area contributed by atoms with Crippen LogP contribution in [0.4, 0.5) is 0 Å². The van der Waals surface area contributed by atoms with Gasteiger partial charge in [-0.3, -0.25) is 19.2 Å². The molecule has 22 heteroatoms. The predicted octanol–water partition coefficient (Wildman–Crippen LogP) is -8.80. The fourth-order valence-corrected chi connectivity index (χ4v) is 1.67. The molecule has 0 saturated heterocycles. The van der Waals surface area contributed by atoms with E-state index >= 15 is 0 Å². The van der Waals surface area contributed by atoms with Gasteiger partial charge in [-0.15, -0.1) is 62.7 Å². The Balaban J connectivity index is -0.0000000362. The van der Waals surface area contributed by atoms with Crippen LogP contribution in [0.1, 0.15) is 55.4 Å². The van der Waals surface area contributed by atoms with Crippen LogP contribution < -0.4 is 51.1 Å². The number of rotatable bonds is 12. The molecule has 0 bridgehead atoms. The van der Waals surface area contributed by atoms with E-state index in [1.165, 1.54) is 55.4 Å². The fraction of sp³-hybridized carbons (Fsp3) is 0.600. The third-order valence-corrected chi connectivity index (χ3v) is 4.13.